The summed E-state index contributed by atoms with van der Waals surface area (Å²) in [5, 5.41) is 0. The van der Waals surface area contributed by atoms with Crippen LogP contribution in [0.2, 0.25) is 0 Å². The van der Waals surface area contributed by atoms with Gasteiger partial charge < -0.3 is 9.47 Å². The highest BCUT2D eigenvalue weighted by Crippen LogP contribution is 2.44. The molecular formula is C22H27NO2. The van der Waals surface area contributed by atoms with E-state index in [1.807, 2.05) is 0 Å². The monoisotopic (exact) mass is 337 g/mol. The number of fused-ring (bicyclic) bond motifs is 4. The Morgan fingerprint density at radius 1 is 0.920 bits per heavy atom. The first kappa shape index (κ1) is 16.5. The Balaban J connectivity index is 1.82. The van der Waals surface area contributed by atoms with Crippen molar-refractivity contribution in [1.29, 1.82) is 0 Å². The molecule has 0 saturated carbocycles. The van der Waals surface area contributed by atoms with Gasteiger partial charge in [-0.3, -0.25) is 4.90 Å². The Hall–Kier alpha value is -2.00. The molecule has 25 heavy (non-hydrogen) atoms. The van der Waals surface area contributed by atoms with Gasteiger partial charge in [0.15, 0.2) is 11.5 Å². The number of rotatable bonds is 2. The number of nitrogens with zero attached hydrogens (tertiary/aromatic N) is 1. The van der Waals surface area contributed by atoms with E-state index >= 15 is 0 Å². The molecule has 2 aliphatic rings. The van der Waals surface area contributed by atoms with E-state index in [1.54, 1.807) is 14.2 Å². The highest BCUT2D eigenvalue weighted by Gasteiger charge is 2.37. The summed E-state index contributed by atoms with van der Waals surface area (Å²) in [6.45, 7) is 7.84. The van der Waals surface area contributed by atoms with Crippen molar-refractivity contribution >= 4 is 0 Å². The van der Waals surface area contributed by atoms with Crippen molar-refractivity contribution in [3.05, 3.63) is 57.6 Å². The topological polar surface area (TPSA) is 21.7 Å². The second kappa shape index (κ2) is 6.06. The summed E-state index contributed by atoms with van der Waals surface area (Å²) in [7, 11) is 3.43. The second-order valence-electron chi connectivity index (χ2n) is 7.57. The number of ether oxygens (including phenoxy) is 2. The van der Waals surface area contributed by atoms with E-state index in [1.165, 1.54) is 33.4 Å². The fourth-order valence-corrected chi connectivity index (χ4v) is 4.72. The molecule has 0 aromatic heterocycles. The lowest BCUT2D eigenvalue weighted by molar-refractivity contribution is 0.105. The van der Waals surface area contributed by atoms with Crippen molar-refractivity contribution in [2.24, 2.45) is 0 Å². The Morgan fingerprint density at radius 2 is 1.64 bits per heavy atom. The van der Waals surface area contributed by atoms with Crippen LogP contribution in [0.3, 0.4) is 0 Å². The van der Waals surface area contributed by atoms with Crippen LogP contribution >= 0.6 is 0 Å². The second-order valence-corrected chi connectivity index (χ2v) is 7.57. The molecule has 0 radical (unpaired) electrons. The zero-order valence-corrected chi connectivity index (χ0v) is 15.8. The van der Waals surface area contributed by atoms with Gasteiger partial charge in [0, 0.05) is 18.6 Å². The van der Waals surface area contributed by atoms with Gasteiger partial charge in [-0.2, -0.15) is 0 Å². The first-order valence-electron chi connectivity index (χ1n) is 9.11. The molecule has 3 heteroatoms. The lowest BCUT2D eigenvalue weighted by Gasteiger charge is -2.46. The van der Waals surface area contributed by atoms with Crippen molar-refractivity contribution in [2.45, 2.75) is 52.2 Å². The number of hydrogen-bond acceptors (Lipinski definition) is 3. The van der Waals surface area contributed by atoms with Crippen LogP contribution in [0, 0.1) is 13.8 Å². The normalized spacial score (nSPS) is 22.0. The lowest BCUT2D eigenvalue weighted by Crippen LogP contribution is -2.45. The molecule has 0 aliphatic carbocycles. The van der Waals surface area contributed by atoms with Crippen molar-refractivity contribution in [2.75, 3.05) is 14.2 Å². The van der Waals surface area contributed by atoms with Crippen molar-refractivity contribution in [3.63, 3.8) is 0 Å². The summed E-state index contributed by atoms with van der Waals surface area (Å²) in [6.07, 6.45) is 2.14. The number of aryl methyl sites for hydroxylation is 2. The fourth-order valence-electron chi connectivity index (χ4n) is 4.72. The lowest BCUT2D eigenvalue weighted by atomic mass is 9.80. The quantitative estimate of drug-likeness (QED) is 0.812. The van der Waals surface area contributed by atoms with Crippen molar-refractivity contribution in [1.82, 2.24) is 4.90 Å². The van der Waals surface area contributed by atoms with Gasteiger partial charge in [0.05, 0.1) is 14.2 Å². The zero-order valence-electron chi connectivity index (χ0n) is 15.8. The molecule has 2 atom stereocenters. The van der Waals surface area contributed by atoms with Gasteiger partial charge in [-0.1, -0.05) is 17.7 Å². The maximum atomic E-state index is 5.57. The minimum Gasteiger partial charge on any atom is -0.493 e. The van der Waals surface area contributed by atoms with Crippen LogP contribution in [0.25, 0.3) is 0 Å². The standard InChI is InChI=1S/C22H27NO2/c1-13-6-14(2)19-12-23-15(3)8-17-10-21(24-4)22(25-5)11-18(17)20(23)9-16(19)7-13/h6-7,10-11,15,20H,8-9,12H2,1-5H3/t15-,20+/m1/s1. The average molecular weight is 337 g/mol. The summed E-state index contributed by atoms with van der Waals surface area (Å²) in [4.78, 5) is 2.67. The summed E-state index contributed by atoms with van der Waals surface area (Å²) >= 11 is 0. The molecule has 3 nitrogen and oxygen atoms in total. The minimum atomic E-state index is 0.423. The van der Waals surface area contributed by atoms with Crippen LogP contribution in [-0.2, 0) is 19.4 Å². The molecular weight excluding hydrogens is 310 g/mol. The predicted molar refractivity (Wildman–Crippen MR) is 101 cm³/mol. The number of hydrogen-bond donors (Lipinski definition) is 0. The zero-order chi connectivity index (χ0) is 17.7. The van der Waals surface area contributed by atoms with E-state index < -0.39 is 0 Å². The van der Waals surface area contributed by atoms with Crippen LogP contribution in [0.15, 0.2) is 24.3 Å². The molecule has 132 valence electrons. The Kier molecular flexibility index (Phi) is 3.99. The van der Waals surface area contributed by atoms with E-state index in [0.717, 1.165) is 30.9 Å². The SMILES string of the molecule is COc1cc2c(cc1OC)[C@@H]1Cc3cc(C)cc(C)c3CN1[C@H](C)C2. The summed E-state index contributed by atoms with van der Waals surface area (Å²) in [6, 6.07) is 10.0. The van der Waals surface area contributed by atoms with E-state index in [4.69, 9.17) is 9.47 Å². The first-order chi connectivity index (χ1) is 12.0. The molecule has 0 unspecified atom stereocenters. The number of methoxy groups -OCH3 is 2. The molecule has 2 aromatic rings. The van der Waals surface area contributed by atoms with Gasteiger partial charge in [0.25, 0.3) is 0 Å². The molecule has 0 saturated heterocycles. The largest absolute Gasteiger partial charge is 0.493 e. The van der Waals surface area contributed by atoms with E-state index in [9.17, 15) is 0 Å². The van der Waals surface area contributed by atoms with Crippen LogP contribution in [-0.4, -0.2) is 25.2 Å². The minimum absolute atomic E-state index is 0.423. The molecule has 0 spiro atoms. The highest BCUT2D eigenvalue weighted by molar-refractivity contribution is 5.51. The molecule has 0 amide bonds. The third-order valence-electron chi connectivity index (χ3n) is 5.95. The van der Waals surface area contributed by atoms with E-state index in [2.05, 4.69) is 49.9 Å². The smallest absolute Gasteiger partial charge is 0.161 e. The molecule has 0 N–H and O–H groups in total. The van der Waals surface area contributed by atoms with Gasteiger partial charge in [-0.05, 0) is 73.6 Å². The third-order valence-corrected chi connectivity index (χ3v) is 5.95. The summed E-state index contributed by atoms with van der Waals surface area (Å²) < 4.78 is 11.1. The molecule has 4 rings (SSSR count). The molecule has 2 aromatic carbocycles. The average Bonchev–Trinajstić information content (AvgIpc) is 2.59. The van der Waals surface area contributed by atoms with Crippen LogP contribution in [0.5, 0.6) is 11.5 Å². The van der Waals surface area contributed by atoms with Crippen LogP contribution < -0.4 is 9.47 Å². The number of benzene rings is 2. The molecule has 0 fully saturated rings. The maximum Gasteiger partial charge on any atom is 0.161 e. The van der Waals surface area contributed by atoms with Gasteiger partial charge in [-0.25, -0.2) is 0 Å². The summed E-state index contributed by atoms with van der Waals surface area (Å²) in [5.74, 6) is 1.67. The molecule has 2 heterocycles. The van der Waals surface area contributed by atoms with Gasteiger partial charge in [0.1, 0.15) is 0 Å². The van der Waals surface area contributed by atoms with Gasteiger partial charge in [-0.15, -0.1) is 0 Å². The fraction of sp³-hybridized carbons (Fsp3) is 0.455. The van der Waals surface area contributed by atoms with Crippen LogP contribution in [0.4, 0.5) is 0 Å². The van der Waals surface area contributed by atoms with E-state index in [0.29, 0.717) is 12.1 Å². The van der Waals surface area contributed by atoms with Crippen molar-refractivity contribution in [3.8, 4) is 11.5 Å². The van der Waals surface area contributed by atoms with Crippen LogP contribution in [0.1, 0.15) is 46.3 Å². The van der Waals surface area contributed by atoms with Crippen molar-refractivity contribution < 1.29 is 9.47 Å². The maximum absolute atomic E-state index is 5.57. The Bertz CT molecular complexity index is 827. The molecule has 0 bridgehead atoms. The molecule has 2 aliphatic heterocycles. The van der Waals surface area contributed by atoms with Gasteiger partial charge >= 0.3 is 0 Å². The van der Waals surface area contributed by atoms with Gasteiger partial charge in [0.2, 0.25) is 0 Å². The first-order valence-corrected chi connectivity index (χ1v) is 9.11. The Morgan fingerprint density at radius 3 is 2.36 bits per heavy atom. The predicted octanol–water partition coefficient (Wildman–Crippen LogP) is 4.36. The third kappa shape index (κ3) is 2.62. The summed E-state index contributed by atoms with van der Waals surface area (Å²) in [5.41, 5.74) is 8.63. The highest BCUT2D eigenvalue weighted by atomic mass is 16.5. The Labute approximate surface area is 150 Å². The van der Waals surface area contributed by atoms with E-state index in [-0.39, 0.29) is 0 Å².